The van der Waals surface area contributed by atoms with E-state index in [9.17, 15) is 9.59 Å². The lowest BCUT2D eigenvalue weighted by Crippen LogP contribution is -2.31. The Balaban J connectivity index is 1.73. The number of nitrogens with one attached hydrogen (secondary N) is 1. The van der Waals surface area contributed by atoms with E-state index in [1.165, 1.54) is 0 Å². The van der Waals surface area contributed by atoms with Crippen LogP contribution in [-0.2, 0) is 4.79 Å². The first-order chi connectivity index (χ1) is 11.6. The zero-order valence-electron chi connectivity index (χ0n) is 13.9. The Labute approximate surface area is 141 Å². The SMILES string of the molecule is CCCCOc1ccc2cc(C(=O)N3CC[C@H](C(N)=O)C3)[nH]c2c1. The van der Waals surface area contributed by atoms with Crippen molar-refractivity contribution < 1.29 is 14.3 Å². The minimum absolute atomic E-state index is 0.0941. The Morgan fingerprint density at radius 1 is 1.38 bits per heavy atom. The number of likely N-dealkylation sites (tertiary alicyclic amines) is 1. The second-order valence-electron chi connectivity index (χ2n) is 6.27. The monoisotopic (exact) mass is 329 g/mol. The molecule has 0 aliphatic carbocycles. The highest BCUT2D eigenvalue weighted by Gasteiger charge is 2.30. The molecule has 3 N–H and O–H groups in total. The number of hydrogen-bond donors (Lipinski definition) is 2. The van der Waals surface area contributed by atoms with Crippen molar-refractivity contribution in [1.82, 2.24) is 9.88 Å². The summed E-state index contributed by atoms with van der Waals surface area (Å²) in [7, 11) is 0. The number of aromatic nitrogens is 1. The number of carbonyl (C=O) groups is 2. The van der Waals surface area contributed by atoms with Gasteiger partial charge in [0.05, 0.1) is 12.5 Å². The third kappa shape index (κ3) is 3.37. The van der Waals surface area contributed by atoms with Crippen LogP contribution in [0.25, 0.3) is 10.9 Å². The molecule has 128 valence electrons. The molecule has 1 fully saturated rings. The van der Waals surface area contributed by atoms with E-state index in [1.54, 1.807) is 4.90 Å². The van der Waals surface area contributed by atoms with Gasteiger partial charge in [0.2, 0.25) is 5.91 Å². The number of primary amides is 1. The van der Waals surface area contributed by atoms with Gasteiger partial charge in [-0.15, -0.1) is 0 Å². The van der Waals surface area contributed by atoms with Crippen LogP contribution in [0.4, 0.5) is 0 Å². The molecule has 1 aromatic carbocycles. The first-order valence-corrected chi connectivity index (χ1v) is 8.42. The molecule has 6 nitrogen and oxygen atoms in total. The normalized spacial score (nSPS) is 17.4. The van der Waals surface area contributed by atoms with E-state index in [4.69, 9.17) is 10.5 Å². The van der Waals surface area contributed by atoms with Gasteiger partial charge in [-0.25, -0.2) is 0 Å². The summed E-state index contributed by atoms with van der Waals surface area (Å²) < 4.78 is 5.70. The van der Waals surface area contributed by atoms with Crippen molar-refractivity contribution in [3.05, 3.63) is 30.0 Å². The number of aromatic amines is 1. The summed E-state index contributed by atoms with van der Waals surface area (Å²) in [5.41, 5.74) is 6.73. The predicted molar refractivity (Wildman–Crippen MR) is 91.9 cm³/mol. The molecule has 0 radical (unpaired) electrons. The van der Waals surface area contributed by atoms with Crippen LogP contribution in [0, 0.1) is 5.92 Å². The van der Waals surface area contributed by atoms with E-state index < -0.39 is 0 Å². The highest BCUT2D eigenvalue weighted by molar-refractivity contribution is 5.98. The number of hydrogen-bond acceptors (Lipinski definition) is 3. The van der Waals surface area contributed by atoms with Crippen LogP contribution >= 0.6 is 0 Å². The third-order valence-corrected chi connectivity index (χ3v) is 4.47. The summed E-state index contributed by atoms with van der Waals surface area (Å²) in [5.74, 6) is 0.128. The molecule has 2 amide bonds. The number of benzene rings is 1. The molecule has 0 saturated carbocycles. The molecule has 0 bridgehead atoms. The Hall–Kier alpha value is -2.50. The molecule has 1 atom stereocenters. The summed E-state index contributed by atoms with van der Waals surface area (Å²) >= 11 is 0. The van der Waals surface area contributed by atoms with Gasteiger partial charge in [-0.3, -0.25) is 9.59 Å². The fraction of sp³-hybridized carbons (Fsp3) is 0.444. The van der Waals surface area contributed by atoms with Crippen molar-refractivity contribution in [2.24, 2.45) is 11.7 Å². The first kappa shape index (κ1) is 16.4. The molecule has 1 saturated heterocycles. The quantitative estimate of drug-likeness (QED) is 0.797. The van der Waals surface area contributed by atoms with Gasteiger partial charge in [0.1, 0.15) is 11.4 Å². The lowest BCUT2D eigenvalue weighted by molar-refractivity contribution is -0.121. The zero-order chi connectivity index (χ0) is 17.1. The van der Waals surface area contributed by atoms with Crippen molar-refractivity contribution in [3.63, 3.8) is 0 Å². The van der Waals surface area contributed by atoms with Crippen LogP contribution in [0.2, 0.25) is 0 Å². The highest BCUT2D eigenvalue weighted by atomic mass is 16.5. The van der Waals surface area contributed by atoms with Crippen LogP contribution in [-0.4, -0.2) is 41.4 Å². The number of nitrogens with zero attached hydrogens (tertiary/aromatic N) is 1. The topological polar surface area (TPSA) is 88.4 Å². The van der Waals surface area contributed by atoms with E-state index in [0.717, 1.165) is 29.5 Å². The number of fused-ring (bicyclic) bond motifs is 1. The van der Waals surface area contributed by atoms with Crippen molar-refractivity contribution >= 4 is 22.7 Å². The fourth-order valence-electron chi connectivity index (χ4n) is 2.99. The lowest BCUT2D eigenvalue weighted by Gasteiger charge is -2.14. The van der Waals surface area contributed by atoms with Gasteiger partial charge in [-0.05, 0) is 31.0 Å². The second-order valence-corrected chi connectivity index (χ2v) is 6.27. The van der Waals surface area contributed by atoms with Gasteiger partial charge in [0.25, 0.3) is 5.91 Å². The van der Waals surface area contributed by atoms with Crippen molar-refractivity contribution in [2.75, 3.05) is 19.7 Å². The summed E-state index contributed by atoms with van der Waals surface area (Å²) in [5, 5.41) is 0.965. The minimum atomic E-state index is -0.337. The summed E-state index contributed by atoms with van der Waals surface area (Å²) in [6, 6.07) is 7.61. The van der Waals surface area contributed by atoms with Crippen LogP contribution in [0.5, 0.6) is 5.75 Å². The molecule has 1 aliphatic heterocycles. The summed E-state index contributed by atoms with van der Waals surface area (Å²) in [6.07, 6.45) is 2.74. The maximum absolute atomic E-state index is 12.6. The number of carbonyl (C=O) groups excluding carboxylic acids is 2. The molecule has 24 heavy (non-hydrogen) atoms. The predicted octanol–water partition coefficient (Wildman–Crippen LogP) is 2.29. The average molecular weight is 329 g/mol. The maximum atomic E-state index is 12.6. The average Bonchev–Trinajstić information content (AvgIpc) is 3.21. The van der Waals surface area contributed by atoms with E-state index in [1.807, 2.05) is 24.3 Å². The van der Waals surface area contributed by atoms with Crippen LogP contribution in [0.1, 0.15) is 36.7 Å². The molecule has 0 unspecified atom stereocenters. The smallest absolute Gasteiger partial charge is 0.270 e. The van der Waals surface area contributed by atoms with Crippen molar-refractivity contribution in [1.29, 1.82) is 0 Å². The molecular formula is C18H23N3O3. The Morgan fingerprint density at radius 3 is 2.92 bits per heavy atom. The van der Waals surface area contributed by atoms with E-state index >= 15 is 0 Å². The summed E-state index contributed by atoms with van der Waals surface area (Å²) in [6.45, 7) is 3.77. The molecule has 1 aromatic heterocycles. The van der Waals surface area contributed by atoms with Gasteiger partial charge >= 0.3 is 0 Å². The molecule has 6 heteroatoms. The van der Waals surface area contributed by atoms with Gasteiger partial charge in [-0.1, -0.05) is 13.3 Å². The Kier molecular flexibility index (Phi) is 4.74. The largest absolute Gasteiger partial charge is 0.494 e. The lowest BCUT2D eigenvalue weighted by atomic mass is 10.1. The van der Waals surface area contributed by atoms with Gasteiger partial charge in [-0.2, -0.15) is 0 Å². The van der Waals surface area contributed by atoms with E-state index in [2.05, 4.69) is 11.9 Å². The number of ether oxygens (including phenoxy) is 1. The van der Waals surface area contributed by atoms with Crippen LogP contribution < -0.4 is 10.5 Å². The molecular weight excluding hydrogens is 306 g/mol. The van der Waals surface area contributed by atoms with E-state index in [-0.39, 0.29) is 17.7 Å². The molecule has 1 aliphatic rings. The molecule has 2 aromatic rings. The van der Waals surface area contributed by atoms with Gasteiger partial charge in [0.15, 0.2) is 0 Å². The number of nitrogens with two attached hydrogens (primary N) is 1. The maximum Gasteiger partial charge on any atom is 0.270 e. The Morgan fingerprint density at radius 2 is 2.21 bits per heavy atom. The van der Waals surface area contributed by atoms with E-state index in [0.29, 0.717) is 31.8 Å². The van der Waals surface area contributed by atoms with Gasteiger partial charge in [0, 0.05) is 30.1 Å². The molecule has 2 heterocycles. The number of H-pyrrole nitrogens is 1. The third-order valence-electron chi connectivity index (χ3n) is 4.47. The van der Waals surface area contributed by atoms with Crippen molar-refractivity contribution in [3.8, 4) is 5.75 Å². The first-order valence-electron chi connectivity index (χ1n) is 8.42. The fourth-order valence-corrected chi connectivity index (χ4v) is 2.99. The number of amides is 2. The van der Waals surface area contributed by atoms with Crippen LogP contribution in [0.15, 0.2) is 24.3 Å². The molecule has 0 spiro atoms. The molecule has 3 rings (SSSR count). The zero-order valence-corrected chi connectivity index (χ0v) is 13.9. The minimum Gasteiger partial charge on any atom is -0.494 e. The van der Waals surface area contributed by atoms with Crippen molar-refractivity contribution in [2.45, 2.75) is 26.2 Å². The second kappa shape index (κ2) is 6.95. The highest BCUT2D eigenvalue weighted by Crippen LogP contribution is 2.24. The number of rotatable bonds is 6. The van der Waals surface area contributed by atoms with Gasteiger partial charge < -0.3 is 20.4 Å². The van der Waals surface area contributed by atoms with Crippen LogP contribution in [0.3, 0.4) is 0 Å². The number of unbranched alkanes of at least 4 members (excludes halogenated alkanes) is 1. The standard InChI is InChI=1S/C18H23N3O3/c1-2-3-8-24-14-5-4-12-9-16(20-15(12)10-14)18(23)21-7-6-13(11-21)17(19)22/h4-5,9-10,13,20H,2-3,6-8,11H2,1H3,(H2,19,22)/t13-/m0/s1. The summed E-state index contributed by atoms with van der Waals surface area (Å²) in [4.78, 5) is 28.7. The Bertz CT molecular complexity index is 753.